The number of Topliss-reactive ketones (excluding diaryl/α,β-unsaturated/α-hetero) is 1. The number of nitrogen functional groups attached to an aromatic ring is 1. The van der Waals surface area contributed by atoms with Crippen LogP contribution in [-0.4, -0.2) is 38.3 Å². The number of nitrogens with two attached hydrogens (primary N) is 1. The fraction of sp³-hybridized carbons (Fsp3) is 0.261. The van der Waals surface area contributed by atoms with Gasteiger partial charge in [-0.15, -0.1) is 0 Å². The minimum atomic E-state index is -0.742. The molecule has 10 nitrogen and oxygen atoms in total. The molecule has 3 aromatic rings. The third-order valence-corrected chi connectivity index (χ3v) is 5.29. The summed E-state index contributed by atoms with van der Waals surface area (Å²) < 4.78 is 2.20. The van der Waals surface area contributed by atoms with E-state index in [1.165, 1.54) is 10.6 Å². The van der Waals surface area contributed by atoms with E-state index in [1.54, 1.807) is 37.1 Å². The van der Waals surface area contributed by atoms with E-state index >= 15 is 0 Å². The smallest absolute Gasteiger partial charge is 0.332 e. The first-order valence-electron chi connectivity index (χ1n) is 10.4. The van der Waals surface area contributed by atoms with Crippen molar-refractivity contribution >= 4 is 17.3 Å². The number of ketones is 1. The number of rotatable bonds is 9. The van der Waals surface area contributed by atoms with Crippen LogP contribution in [0.2, 0.25) is 0 Å². The van der Waals surface area contributed by atoms with Gasteiger partial charge in [-0.25, -0.2) is 4.79 Å². The summed E-state index contributed by atoms with van der Waals surface area (Å²) in [7, 11) is 1.61. The van der Waals surface area contributed by atoms with Crippen molar-refractivity contribution in [2.75, 3.05) is 19.3 Å². The molecular formula is C23H25N5O5. The number of anilines is 1. The standard InChI is InChI=1S/C23H25N5O5/c1-3-26-22(30)20(21(24)27(23(26)31)13-16-9-5-4-6-10-16)19(29)15-25(2)14-17-11-7-8-12-18(17)28(32)33/h4-12H,3,13-15,24H2,1-2H3. The molecule has 0 aliphatic rings. The van der Waals surface area contributed by atoms with E-state index in [0.29, 0.717) is 5.56 Å². The van der Waals surface area contributed by atoms with Gasteiger partial charge < -0.3 is 5.73 Å². The first-order chi connectivity index (χ1) is 15.7. The number of benzene rings is 2. The van der Waals surface area contributed by atoms with Crippen LogP contribution in [0.5, 0.6) is 0 Å². The van der Waals surface area contributed by atoms with Gasteiger partial charge in [0.1, 0.15) is 11.4 Å². The molecule has 33 heavy (non-hydrogen) atoms. The van der Waals surface area contributed by atoms with Gasteiger partial charge in [-0.1, -0.05) is 48.5 Å². The van der Waals surface area contributed by atoms with Crippen LogP contribution in [0, 0.1) is 10.1 Å². The Labute approximate surface area is 189 Å². The van der Waals surface area contributed by atoms with Crippen LogP contribution in [0.25, 0.3) is 0 Å². The molecule has 0 atom stereocenters. The lowest BCUT2D eigenvalue weighted by Crippen LogP contribution is -2.45. The molecule has 0 bridgehead atoms. The Bertz CT molecular complexity index is 1300. The number of nitro groups is 1. The van der Waals surface area contributed by atoms with Gasteiger partial charge in [0.2, 0.25) is 0 Å². The molecule has 1 aromatic heterocycles. The first-order valence-corrected chi connectivity index (χ1v) is 10.4. The predicted octanol–water partition coefficient (Wildman–Crippen LogP) is 1.88. The van der Waals surface area contributed by atoms with Gasteiger partial charge in [-0.2, -0.15) is 0 Å². The topological polar surface area (TPSA) is 133 Å². The number of hydrogen-bond donors (Lipinski definition) is 1. The van der Waals surface area contributed by atoms with Gasteiger partial charge in [0.15, 0.2) is 5.78 Å². The van der Waals surface area contributed by atoms with Crippen LogP contribution in [0.1, 0.15) is 28.4 Å². The summed E-state index contributed by atoms with van der Waals surface area (Å²) in [5, 5.41) is 11.3. The Kier molecular flexibility index (Phi) is 7.19. The van der Waals surface area contributed by atoms with E-state index in [-0.39, 0.29) is 43.2 Å². The minimum absolute atomic E-state index is 0.0546. The lowest BCUT2D eigenvalue weighted by molar-refractivity contribution is -0.385. The van der Waals surface area contributed by atoms with E-state index in [4.69, 9.17) is 5.73 Å². The van der Waals surface area contributed by atoms with Crippen molar-refractivity contribution in [1.82, 2.24) is 14.0 Å². The van der Waals surface area contributed by atoms with Crippen LogP contribution in [-0.2, 0) is 19.6 Å². The molecule has 0 radical (unpaired) electrons. The molecular weight excluding hydrogens is 426 g/mol. The van der Waals surface area contributed by atoms with Crippen LogP contribution in [0.3, 0.4) is 0 Å². The number of carbonyl (C=O) groups is 1. The third-order valence-electron chi connectivity index (χ3n) is 5.29. The number of para-hydroxylation sites is 1. The van der Waals surface area contributed by atoms with Crippen molar-refractivity contribution in [3.63, 3.8) is 0 Å². The molecule has 1 heterocycles. The number of carbonyl (C=O) groups excluding carboxylic acids is 1. The van der Waals surface area contributed by atoms with E-state index in [0.717, 1.165) is 10.1 Å². The van der Waals surface area contributed by atoms with Crippen molar-refractivity contribution < 1.29 is 9.72 Å². The summed E-state index contributed by atoms with van der Waals surface area (Å²) in [6, 6.07) is 15.3. The Morgan fingerprint density at radius 3 is 2.33 bits per heavy atom. The molecule has 0 unspecified atom stereocenters. The van der Waals surface area contributed by atoms with Crippen molar-refractivity contribution in [2.45, 2.75) is 26.6 Å². The molecule has 3 rings (SSSR count). The quantitative estimate of drug-likeness (QED) is 0.298. The summed E-state index contributed by atoms with van der Waals surface area (Å²) >= 11 is 0. The normalized spacial score (nSPS) is 11.0. The van der Waals surface area contributed by atoms with E-state index in [1.807, 2.05) is 30.3 Å². The van der Waals surface area contributed by atoms with Crippen LogP contribution >= 0.6 is 0 Å². The minimum Gasteiger partial charge on any atom is -0.384 e. The first kappa shape index (κ1) is 23.6. The highest BCUT2D eigenvalue weighted by molar-refractivity contribution is 6.01. The maximum absolute atomic E-state index is 13.1. The summed E-state index contributed by atoms with van der Waals surface area (Å²) in [6.07, 6.45) is 0. The second kappa shape index (κ2) is 10.0. The fourth-order valence-corrected chi connectivity index (χ4v) is 3.67. The third kappa shape index (κ3) is 5.07. The van der Waals surface area contributed by atoms with Crippen LogP contribution in [0.4, 0.5) is 11.5 Å². The highest BCUT2D eigenvalue weighted by Gasteiger charge is 2.24. The Morgan fingerprint density at radius 1 is 1.06 bits per heavy atom. The van der Waals surface area contributed by atoms with Crippen molar-refractivity contribution in [2.24, 2.45) is 0 Å². The largest absolute Gasteiger partial charge is 0.384 e. The van der Waals surface area contributed by atoms with Crippen LogP contribution < -0.4 is 17.0 Å². The highest BCUT2D eigenvalue weighted by Crippen LogP contribution is 2.19. The Morgan fingerprint density at radius 2 is 1.70 bits per heavy atom. The van der Waals surface area contributed by atoms with E-state index in [9.17, 15) is 24.5 Å². The maximum atomic E-state index is 13.1. The van der Waals surface area contributed by atoms with Gasteiger partial charge in [0.25, 0.3) is 11.2 Å². The number of aromatic nitrogens is 2. The molecule has 2 aromatic carbocycles. The molecule has 0 amide bonds. The van der Waals surface area contributed by atoms with E-state index in [2.05, 4.69) is 0 Å². The maximum Gasteiger partial charge on any atom is 0.332 e. The monoisotopic (exact) mass is 451 g/mol. The fourth-order valence-electron chi connectivity index (χ4n) is 3.67. The van der Waals surface area contributed by atoms with Gasteiger partial charge in [-0.3, -0.25) is 33.7 Å². The zero-order chi connectivity index (χ0) is 24.1. The molecule has 0 saturated heterocycles. The summed E-state index contributed by atoms with van der Waals surface area (Å²) in [5.41, 5.74) is 5.75. The van der Waals surface area contributed by atoms with Crippen LogP contribution in [0.15, 0.2) is 64.2 Å². The SMILES string of the molecule is CCn1c(=O)c(C(=O)CN(C)Cc2ccccc2[N+](=O)[O-])c(N)n(Cc2ccccc2)c1=O. The lowest BCUT2D eigenvalue weighted by atomic mass is 10.1. The van der Waals surface area contributed by atoms with E-state index < -0.39 is 22.0 Å². The summed E-state index contributed by atoms with van der Waals surface area (Å²) in [6.45, 7) is 1.74. The molecule has 0 aliphatic heterocycles. The predicted molar refractivity (Wildman–Crippen MR) is 124 cm³/mol. The second-order valence-electron chi connectivity index (χ2n) is 7.65. The number of nitro benzene ring substituents is 1. The zero-order valence-corrected chi connectivity index (χ0v) is 18.4. The average Bonchev–Trinajstić information content (AvgIpc) is 2.78. The van der Waals surface area contributed by atoms with Gasteiger partial charge >= 0.3 is 5.69 Å². The van der Waals surface area contributed by atoms with Gasteiger partial charge in [-0.05, 0) is 19.5 Å². The number of likely N-dealkylation sites (N-methyl/N-ethyl adjacent to an activating group) is 1. The summed E-state index contributed by atoms with van der Waals surface area (Å²) in [5.74, 6) is -0.759. The van der Waals surface area contributed by atoms with Crippen molar-refractivity contribution in [3.05, 3.63) is 102 Å². The zero-order valence-electron chi connectivity index (χ0n) is 18.4. The molecule has 10 heteroatoms. The molecule has 0 aliphatic carbocycles. The molecule has 0 spiro atoms. The molecule has 0 saturated carbocycles. The Hall–Kier alpha value is -4.05. The van der Waals surface area contributed by atoms with Crippen molar-refractivity contribution in [1.29, 1.82) is 0 Å². The van der Waals surface area contributed by atoms with Gasteiger partial charge in [0, 0.05) is 24.7 Å². The van der Waals surface area contributed by atoms with Gasteiger partial charge in [0.05, 0.1) is 18.0 Å². The molecule has 0 fully saturated rings. The highest BCUT2D eigenvalue weighted by atomic mass is 16.6. The second-order valence-corrected chi connectivity index (χ2v) is 7.65. The number of nitrogens with zero attached hydrogens (tertiary/aromatic N) is 4. The Balaban J connectivity index is 1.94. The van der Waals surface area contributed by atoms with Crippen molar-refractivity contribution in [3.8, 4) is 0 Å². The average molecular weight is 451 g/mol. The summed E-state index contributed by atoms with van der Waals surface area (Å²) in [4.78, 5) is 51.2. The number of hydrogen-bond acceptors (Lipinski definition) is 7. The lowest BCUT2D eigenvalue weighted by Gasteiger charge is -2.19. The molecule has 2 N–H and O–H groups in total. The molecule has 172 valence electrons.